The van der Waals surface area contributed by atoms with Gasteiger partial charge in [-0.3, -0.25) is 0 Å². The number of halogens is 3. The van der Waals surface area contributed by atoms with Gasteiger partial charge in [0.25, 0.3) is 0 Å². The Balaban J connectivity index is 1.95. The number of hydrogen-bond donors (Lipinski definition) is 1. The molecule has 6 heteroatoms. The molecule has 0 amide bonds. The van der Waals surface area contributed by atoms with Crippen LogP contribution in [0.15, 0.2) is 29.6 Å². The average molecular weight is 312 g/mol. The highest BCUT2D eigenvalue weighted by molar-refractivity contribution is 7.10. The maximum Gasteiger partial charge on any atom is 0.416 e. The zero-order valence-corrected chi connectivity index (χ0v) is 12.3. The molecule has 0 aliphatic carbocycles. The molecule has 0 radical (unpaired) electrons. The maximum absolute atomic E-state index is 12.7. The summed E-state index contributed by atoms with van der Waals surface area (Å²) in [5.74, 6) is 0. The van der Waals surface area contributed by atoms with Gasteiger partial charge in [-0.2, -0.15) is 13.2 Å². The van der Waals surface area contributed by atoms with Gasteiger partial charge in [0.1, 0.15) is 0 Å². The molecule has 0 saturated carbocycles. The van der Waals surface area contributed by atoms with Crippen LogP contribution in [0.5, 0.6) is 0 Å². The standard InChI is InChI=1S/C15H15F3N2S/c1-9-11-5-7-21-14(11)4-6-20(9)13-3-2-10(8-12(13)19)15(16,17)18/h2-3,5,7-9H,4,6,19H2,1H3. The molecule has 1 aromatic heterocycles. The second kappa shape index (κ2) is 4.94. The lowest BCUT2D eigenvalue weighted by atomic mass is 10.00. The minimum absolute atomic E-state index is 0.124. The van der Waals surface area contributed by atoms with Crippen LogP contribution < -0.4 is 10.6 Å². The van der Waals surface area contributed by atoms with Crippen molar-refractivity contribution in [1.82, 2.24) is 0 Å². The predicted octanol–water partition coefficient (Wildman–Crippen LogP) is 4.47. The smallest absolute Gasteiger partial charge is 0.397 e. The molecule has 0 bridgehead atoms. The van der Waals surface area contributed by atoms with Crippen molar-refractivity contribution in [2.75, 3.05) is 17.2 Å². The number of benzene rings is 1. The second-order valence-corrected chi connectivity index (χ2v) is 6.19. The van der Waals surface area contributed by atoms with E-state index in [1.54, 1.807) is 11.3 Å². The fourth-order valence-electron chi connectivity index (χ4n) is 2.83. The van der Waals surface area contributed by atoms with Crippen LogP contribution in [-0.2, 0) is 12.6 Å². The van der Waals surface area contributed by atoms with Crippen LogP contribution in [0.3, 0.4) is 0 Å². The zero-order chi connectivity index (χ0) is 15.2. The van der Waals surface area contributed by atoms with Crippen LogP contribution in [0.1, 0.15) is 29.0 Å². The number of nitrogens with zero attached hydrogens (tertiary/aromatic N) is 1. The largest absolute Gasteiger partial charge is 0.416 e. The maximum atomic E-state index is 12.7. The van der Waals surface area contributed by atoms with Crippen LogP contribution in [0, 0.1) is 0 Å². The molecule has 112 valence electrons. The van der Waals surface area contributed by atoms with Gasteiger partial charge in [0.15, 0.2) is 0 Å². The summed E-state index contributed by atoms with van der Waals surface area (Å²) in [5.41, 5.74) is 7.25. The summed E-state index contributed by atoms with van der Waals surface area (Å²) in [7, 11) is 0. The van der Waals surface area contributed by atoms with Gasteiger partial charge in [-0.05, 0) is 48.6 Å². The van der Waals surface area contributed by atoms with Crippen LogP contribution >= 0.6 is 11.3 Å². The lowest BCUT2D eigenvalue weighted by Crippen LogP contribution is -2.33. The number of hydrogen-bond acceptors (Lipinski definition) is 3. The lowest BCUT2D eigenvalue weighted by Gasteiger charge is -2.36. The Morgan fingerprint density at radius 2 is 2.05 bits per heavy atom. The van der Waals surface area contributed by atoms with Gasteiger partial charge in [0, 0.05) is 11.4 Å². The number of nitrogen functional groups attached to an aromatic ring is 1. The van der Waals surface area contributed by atoms with Crippen molar-refractivity contribution >= 4 is 22.7 Å². The molecule has 0 fully saturated rings. The van der Waals surface area contributed by atoms with E-state index in [9.17, 15) is 13.2 Å². The van der Waals surface area contributed by atoms with Gasteiger partial charge in [0.05, 0.1) is 23.0 Å². The van der Waals surface area contributed by atoms with E-state index in [2.05, 4.69) is 23.3 Å². The molecular weight excluding hydrogens is 297 g/mol. The van der Waals surface area contributed by atoms with Gasteiger partial charge in [-0.25, -0.2) is 0 Å². The number of rotatable bonds is 1. The molecule has 2 N–H and O–H groups in total. The Labute approximate surface area is 125 Å². The zero-order valence-electron chi connectivity index (χ0n) is 11.4. The number of fused-ring (bicyclic) bond motifs is 1. The Morgan fingerprint density at radius 3 is 2.71 bits per heavy atom. The van der Waals surface area contributed by atoms with Gasteiger partial charge in [-0.15, -0.1) is 11.3 Å². The van der Waals surface area contributed by atoms with E-state index in [1.807, 2.05) is 0 Å². The first-order valence-corrected chi connectivity index (χ1v) is 7.55. The van der Waals surface area contributed by atoms with E-state index in [0.29, 0.717) is 5.69 Å². The SMILES string of the molecule is CC1c2ccsc2CCN1c1ccc(C(F)(F)F)cc1N. The molecule has 0 spiro atoms. The third-order valence-electron chi connectivity index (χ3n) is 3.94. The Hall–Kier alpha value is -1.69. The number of anilines is 2. The molecule has 1 aliphatic heterocycles. The molecule has 1 unspecified atom stereocenters. The summed E-state index contributed by atoms with van der Waals surface area (Å²) in [5, 5.41) is 2.06. The third-order valence-corrected chi connectivity index (χ3v) is 4.94. The van der Waals surface area contributed by atoms with Crippen LogP contribution in [0.2, 0.25) is 0 Å². The average Bonchev–Trinajstić information content (AvgIpc) is 2.88. The minimum Gasteiger partial charge on any atom is -0.397 e. The Kier molecular flexibility index (Phi) is 3.36. The fourth-order valence-corrected chi connectivity index (χ4v) is 3.79. The summed E-state index contributed by atoms with van der Waals surface area (Å²) < 4.78 is 38.1. The number of nitrogens with two attached hydrogens (primary N) is 1. The summed E-state index contributed by atoms with van der Waals surface area (Å²) in [6, 6.07) is 5.80. The first-order valence-electron chi connectivity index (χ1n) is 6.67. The van der Waals surface area contributed by atoms with Gasteiger partial charge >= 0.3 is 6.18 Å². The summed E-state index contributed by atoms with van der Waals surface area (Å²) >= 11 is 1.73. The Bertz CT molecular complexity index is 663. The van der Waals surface area contributed by atoms with E-state index in [1.165, 1.54) is 16.5 Å². The molecule has 1 aromatic carbocycles. The van der Waals surface area contributed by atoms with E-state index in [-0.39, 0.29) is 11.7 Å². The monoisotopic (exact) mass is 312 g/mol. The number of alkyl halides is 3. The van der Waals surface area contributed by atoms with Crippen LogP contribution in [0.25, 0.3) is 0 Å². The second-order valence-electron chi connectivity index (χ2n) is 5.19. The van der Waals surface area contributed by atoms with E-state index >= 15 is 0 Å². The first-order chi connectivity index (χ1) is 9.88. The molecule has 3 rings (SSSR count). The summed E-state index contributed by atoms with van der Waals surface area (Å²) in [6.07, 6.45) is -3.46. The Morgan fingerprint density at radius 1 is 1.29 bits per heavy atom. The van der Waals surface area contributed by atoms with Gasteiger partial charge in [0.2, 0.25) is 0 Å². The predicted molar refractivity (Wildman–Crippen MR) is 79.6 cm³/mol. The highest BCUT2D eigenvalue weighted by atomic mass is 32.1. The van der Waals surface area contributed by atoms with E-state index < -0.39 is 11.7 Å². The van der Waals surface area contributed by atoms with Gasteiger partial charge in [-0.1, -0.05) is 0 Å². The molecule has 2 heterocycles. The highest BCUT2D eigenvalue weighted by Gasteiger charge is 2.32. The fraction of sp³-hybridized carbons (Fsp3) is 0.333. The van der Waals surface area contributed by atoms with Crippen molar-refractivity contribution in [3.63, 3.8) is 0 Å². The molecular formula is C15H15F3N2S. The van der Waals surface area contributed by atoms with Gasteiger partial charge < -0.3 is 10.6 Å². The topological polar surface area (TPSA) is 29.3 Å². The minimum atomic E-state index is -4.36. The van der Waals surface area contributed by atoms with E-state index in [0.717, 1.165) is 25.1 Å². The quantitative estimate of drug-likeness (QED) is 0.787. The van der Waals surface area contributed by atoms with E-state index in [4.69, 9.17) is 5.73 Å². The third kappa shape index (κ3) is 2.48. The molecule has 1 atom stereocenters. The molecule has 21 heavy (non-hydrogen) atoms. The normalized spacial score (nSPS) is 18.7. The van der Waals surface area contributed by atoms with Crippen molar-refractivity contribution in [2.45, 2.75) is 25.6 Å². The first kappa shape index (κ1) is 14.3. The van der Waals surface area contributed by atoms with Crippen molar-refractivity contribution < 1.29 is 13.2 Å². The van der Waals surface area contributed by atoms with Crippen LogP contribution in [-0.4, -0.2) is 6.54 Å². The van der Waals surface area contributed by atoms with Crippen LogP contribution in [0.4, 0.5) is 24.5 Å². The van der Waals surface area contributed by atoms with Crippen molar-refractivity contribution in [2.24, 2.45) is 0 Å². The van der Waals surface area contributed by atoms with Crippen molar-refractivity contribution in [3.05, 3.63) is 45.6 Å². The summed E-state index contributed by atoms with van der Waals surface area (Å²) in [4.78, 5) is 3.43. The van der Waals surface area contributed by atoms with Crippen molar-refractivity contribution in [3.8, 4) is 0 Å². The van der Waals surface area contributed by atoms with Crippen molar-refractivity contribution in [1.29, 1.82) is 0 Å². The highest BCUT2D eigenvalue weighted by Crippen LogP contribution is 2.40. The lowest BCUT2D eigenvalue weighted by molar-refractivity contribution is -0.137. The number of thiophene rings is 1. The molecule has 2 aromatic rings. The molecule has 1 aliphatic rings. The molecule has 2 nitrogen and oxygen atoms in total. The summed E-state index contributed by atoms with van der Waals surface area (Å²) in [6.45, 7) is 2.83. The molecule has 0 saturated heterocycles.